The van der Waals surface area contributed by atoms with E-state index in [2.05, 4.69) is 0 Å². The minimum atomic E-state index is -0.489. The van der Waals surface area contributed by atoms with Gasteiger partial charge in [-0.2, -0.15) is 0 Å². The number of amides is 2. The van der Waals surface area contributed by atoms with Crippen LogP contribution in [0, 0.1) is 5.92 Å². The molecule has 0 N–H and O–H groups in total. The number of hydrogen-bond acceptors (Lipinski definition) is 4. The molecular weight excluding hydrogens is 258 g/mol. The second-order valence-electron chi connectivity index (χ2n) is 5.02. The number of nitrogens with zero attached hydrogens (tertiary/aromatic N) is 1. The van der Waals surface area contributed by atoms with Gasteiger partial charge in [-0.1, -0.05) is 19.1 Å². The van der Waals surface area contributed by atoms with Gasteiger partial charge in [0.1, 0.15) is 5.78 Å². The van der Waals surface area contributed by atoms with Gasteiger partial charge in [0.25, 0.3) is 11.8 Å². The molecule has 1 aliphatic rings. The molecule has 2 amide bonds. The quantitative estimate of drug-likeness (QED) is 0.761. The molecule has 1 atom stereocenters. The molecule has 2 rings (SSSR count). The lowest BCUT2D eigenvalue weighted by molar-refractivity contribution is -0.126. The number of rotatable bonds is 5. The van der Waals surface area contributed by atoms with Gasteiger partial charge >= 0.3 is 0 Å². The van der Waals surface area contributed by atoms with E-state index in [-0.39, 0.29) is 24.5 Å². The maximum absolute atomic E-state index is 12.1. The molecule has 0 radical (unpaired) electrons. The zero-order valence-corrected chi connectivity index (χ0v) is 11.4. The van der Waals surface area contributed by atoms with Crippen LogP contribution in [0.25, 0.3) is 0 Å². The Morgan fingerprint density at radius 3 is 2.05 bits per heavy atom. The number of imide groups is 1. The van der Waals surface area contributed by atoms with E-state index in [4.69, 9.17) is 0 Å². The van der Waals surface area contributed by atoms with Crippen LogP contribution in [-0.4, -0.2) is 34.8 Å². The average molecular weight is 273 g/mol. The van der Waals surface area contributed by atoms with Gasteiger partial charge in [0.2, 0.25) is 0 Å². The van der Waals surface area contributed by atoms with Crippen molar-refractivity contribution in [2.75, 3.05) is 6.54 Å². The third-order valence-corrected chi connectivity index (χ3v) is 3.34. The standard InChI is InChI=1S/C15H15NO4/c1-9(7-10(2)17)13(18)8-16-14(19)11-5-3-4-6-12(11)15(16)20/h3-6,9H,7-8H2,1-2H3/t9-/m0/s1. The summed E-state index contributed by atoms with van der Waals surface area (Å²) in [5.74, 6) is -1.76. The number of fused-ring (bicyclic) bond motifs is 1. The van der Waals surface area contributed by atoms with Gasteiger partial charge in [-0.25, -0.2) is 0 Å². The zero-order chi connectivity index (χ0) is 14.9. The monoisotopic (exact) mass is 273 g/mol. The van der Waals surface area contributed by atoms with Gasteiger partial charge < -0.3 is 4.79 Å². The van der Waals surface area contributed by atoms with Gasteiger partial charge in [-0.15, -0.1) is 0 Å². The Morgan fingerprint density at radius 1 is 1.10 bits per heavy atom. The van der Waals surface area contributed by atoms with E-state index in [9.17, 15) is 19.2 Å². The SMILES string of the molecule is CC(=O)C[C@H](C)C(=O)CN1C(=O)c2ccccc2C1=O. The average Bonchev–Trinajstić information content (AvgIpc) is 2.64. The van der Waals surface area contributed by atoms with Crippen molar-refractivity contribution in [3.63, 3.8) is 0 Å². The first-order chi connectivity index (χ1) is 9.41. The molecule has 5 heteroatoms. The third-order valence-electron chi connectivity index (χ3n) is 3.34. The predicted molar refractivity (Wildman–Crippen MR) is 71.3 cm³/mol. The number of carbonyl (C=O) groups is 4. The van der Waals surface area contributed by atoms with Crippen LogP contribution in [0.1, 0.15) is 41.0 Å². The minimum absolute atomic E-state index is 0.0896. The van der Waals surface area contributed by atoms with Gasteiger partial charge in [0.15, 0.2) is 5.78 Å². The van der Waals surface area contributed by atoms with E-state index in [1.807, 2.05) is 0 Å². The second kappa shape index (κ2) is 5.36. The Hall–Kier alpha value is -2.30. The molecule has 0 saturated carbocycles. The van der Waals surface area contributed by atoms with Crippen molar-refractivity contribution < 1.29 is 19.2 Å². The largest absolute Gasteiger partial charge is 0.300 e. The first-order valence-electron chi connectivity index (χ1n) is 6.39. The summed E-state index contributed by atoms with van der Waals surface area (Å²) in [6.45, 7) is 2.76. The first kappa shape index (κ1) is 14.1. The molecule has 0 fully saturated rings. The molecule has 0 bridgehead atoms. The van der Waals surface area contributed by atoms with Crippen LogP contribution < -0.4 is 0 Å². The van der Waals surface area contributed by atoms with Crippen molar-refractivity contribution in [2.45, 2.75) is 20.3 Å². The van der Waals surface area contributed by atoms with Crippen LogP contribution in [0.5, 0.6) is 0 Å². The van der Waals surface area contributed by atoms with Crippen LogP contribution in [0.3, 0.4) is 0 Å². The van der Waals surface area contributed by atoms with Crippen LogP contribution in [0.4, 0.5) is 0 Å². The summed E-state index contributed by atoms with van der Waals surface area (Å²) in [5, 5.41) is 0. The number of carbonyl (C=O) groups excluding carboxylic acids is 4. The molecule has 1 aliphatic heterocycles. The number of hydrogen-bond donors (Lipinski definition) is 0. The van der Waals surface area contributed by atoms with Gasteiger partial charge in [0.05, 0.1) is 17.7 Å². The van der Waals surface area contributed by atoms with Crippen LogP contribution in [0.2, 0.25) is 0 Å². The highest BCUT2D eigenvalue weighted by Crippen LogP contribution is 2.22. The first-order valence-corrected chi connectivity index (χ1v) is 6.39. The maximum atomic E-state index is 12.1. The summed E-state index contributed by atoms with van der Waals surface area (Å²) in [6, 6.07) is 6.49. The smallest absolute Gasteiger partial charge is 0.261 e. The Kier molecular flexibility index (Phi) is 3.79. The summed E-state index contributed by atoms with van der Waals surface area (Å²) in [7, 11) is 0. The Morgan fingerprint density at radius 2 is 1.60 bits per heavy atom. The lowest BCUT2D eigenvalue weighted by Crippen LogP contribution is -2.37. The van der Waals surface area contributed by atoms with Crippen molar-refractivity contribution in [2.24, 2.45) is 5.92 Å². The van der Waals surface area contributed by atoms with Crippen molar-refractivity contribution in [3.05, 3.63) is 35.4 Å². The summed E-state index contributed by atoms with van der Waals surface area (Å²) in [4.78, 5) is 48.1. The van der Waals surface area contributed by atoms with E-state index in [0.29, 0.717) is 11.1 Å². The molecule has 104 valence electrons. The highest BCUT2D eigenvalue weighted by molar-refractivity contribution is 6.22. The number of ketones is 2. The molecule has 5 nitrogen and oxygen atoms in total. The molecule has 0 spiro atoms. The fourth-order valence-corrected chi connectivity index (χ4v) is 2.24. The maximum Gasteiger partial charge on any atom is 0.261 e. The van der Waals surface area contributed by atoms with Crippen LogP contribution in [0.15, 0.2) is 24.3 Å². The molecule has 0 aliphatic carbocycles. The molecule has 0 aromatic heterocycles. The molecule has 20 heavy (non-hydrogen) atoms. The van der Waals surface area contributed by atoms with Crippen molar-refractivity contribution in [3.8, 4) is 0 Å². The highest BCUT2D eigenvalue weighted by Gasteiger charge is 2.36. The summed E-state index contributed by atoms with van der Waals surface area (Å²) in [6.07, 6.45) is 0.127. The van der Waals surface area contributed by atoms with Crippen LogP contribution >= 0.6 is 0 Å². The minimum Gasteiger partial charge on any atom is -0.300 e. The normalized spacial score (nSPS) is 15.2. The number of Topliss-reactive ketones (excluding diaryl/α,β-unsaturated/α-hetero) is 2. The molecule has 1 heterocycles. The van der Waals surface area contributed by atoms with Crippen molar-refractivity contribution in [1.29, 1.82) is 0 Å². The van der Waals surface area contributed by atoms with Crippen molar-refractivity contribution in [1.82, 2.24) is 4.90 Å². The molecule has 0 unspecified atom stereocenters. The summed E-state index contributed by atoms with van der Waals surface area (Å²) >= 11 is 0. The fourth-order valence-electron chi connectivity index (χ4n) is 2.24. The molecular formula is C15H15NO4. The fraction of sp³-hybridized carbons (Fsp3) is 0.333. The Labute approximate surface area is 116 Å². The lowest BCUT2D eigenvalue weighted by atomic mass is 10.00. The number of benzene rings is 1. The van der Waals surface area contributed by atoms with E-state index >= 15 is 0 Å². The third kappa shape index (κ3) is 2.52. The summed E-state index contributed by atoms with van der Waals surface area (Å²) < 4.78 is 0. The topological polar surface area (TPSA) is 71.5 Å². The van der Waals surface area contributed by atoms with E-state index in [1.165, 1.54) is 6.92 Å². The summed E-state index contributed by atoms with van der Waals surface area (Å²) in [5.41, 5.74) is 0.647. The molecule has 1 aromatic carbocycles. The van der Waals surface area contributed by atoms with E-state index < -0.39 is 17.7 Å². The van der Waals surface area contributed by atoms with Gasteiger partial charge in [0, 0.05) is 12.3 Å². The highest BCUT2D eigenvalue weighted by atomic mass is 16.2. The van der Waals surface area contributed by atoms with Crippen LogP contribution in [-0.2, 0) is 9.59 Å². The van der Waals surface area contributed by atoms with Gasteiger partial charge in [-0.05, 0) is 19.1 Å². The zero-order valence-electron chi connectivity index (χ0n) is 11.4. The Balaban J connectivity index is 2.13. The predicted octanol–water partition coefficient (Wildman–Crippen LogP) is 1.47. The van der Waals surface area contributed by atoms with Gasteiger partial charge in [-0.3, -0.25) is 19.3 Å². The second-order valence-corrected chi connectivity index (χ2v) is 5.02. The lowest BCUT2D eigenvalue weighted by Gasteiger charge is -2.15. The van der Waals surface area contributed by atoms with E-state index in [1.54, 1.807) is 31.2 Å². The van der Waals surface area contributed by atoms with E-state index in [0.717, 1.165) is 4.90 Å². The Bertz CT molecular complexity index is 571. The molecule has 1 aromatic rings. The molecule has 0 saturated heterocycles. The van der Waals surface area contributed by atoms with Crippen molar-refractivity contribution >= 4 is 23.4 Å².